The summed E-state index contributed by atoms with van der Waals surface area (Å²) in [6, 6.07) is 9.80. The van der Waals surface area contributed by atoms with Crippen LogP contribution in [0.25, 0.3) is 10.6 Å². The van der Waals surface area contributed by atoms with Crippen molar-refractivity contribution >= 4 is 29.0 Å². The van der Waals surface area contributed by atoms with E-state index in [2.05, 4.69) is 15.6 Å². The highest BCUT2D eigenvalue weighted by Crippen LogP contribution is 2.28. The van der Waals surface area contributed by atoms with Crippen LogP contribution in [0.3, 0.4) is 0 Å². The minimum Gasteiger partial charge on any atom is -0.294 e. The van der Waals surface area contributed by atoms with Gasteiger partial charge in [-0.2, -0.15) is 0 Å². The van der Waals surface area contributed by atoms with Gasteiger partial charge in [0.1, 0.15) is 5.01 Å². The van der Waals surface area contributed by atoms with E-state index < -0.39 is 0 Å². The molecule has 1 heterocycles. The summed E-state index contributed by atoms with van der Waals surface area (Å²) in [5.41, 5.74) is 3.10. The number of benzene rings is 1. The number of aromatic nitrogens is 2. The molecule has 88 valence electrons. The Bertz CT molecular complexity index is 500. The number of nitrogens with zero attached hydrogens (tertiary/aromatic N) is 2. The average Bonchev–Trinajstić information content (AvgIpc) is 2.86. The average molecular weight is 266 g/mol. The highest BCUT2D eigenvalue weighted by atomic mass is 32.2. The van der Waals surface area contributed by atoms with Crippen LogP contribution in [0, 0.1) is 0 Å². The lowest BCUT2D eigenvalue weighted by atomic mass is 10.2. The molecule has 0 aliphatic rings. The number of nitrogens with two attached hydrogens (primary N) is 1. The van der Waals surface area contributed by atoms with Gasteiger partial charge in [0.2, 0.25) is 5.91 Å². The van der Waals surface area contributed by atoms with Gasteiger partial charge in [-0.15, -0.1) is 10.2 Å². The SMILES string of the molecule is NNC(=O)CSc1nnc(-c2ccccc2)s1. The second kappa shape index (κ2) is 5.76. The standard InChI is InChI=1S/C10H10N4OS2/c11-12-8(15)6-16-10-14-13-9(17-10)7-4-2-1-3-5-7/h1-5H,6,11H2,(H,12,15). The smallest absolute Gasteiger partial charge is 0.244 e. The lowest BCUT2D eigenvalue weighted by Gasteiger charge is -1.94. The Labute approximate surface area is 106 Å². The number of carbonyl (C=O) groups is 1. The molecule has 0 atom stereocenters. The Morgan fingerprint density at radius 2 is 2.12 bits per heavy atom. The molecular weight excluding hydrogens is 256 g/mol. The third-order valence-corrected chi connectivity index (χ3v) is 4.02. The fourth-order valence-corrected chi connectivity index (χ4v) is 2.80. The van der Waals surface area contributed by atoms with Gasteiger partial charge >= 0.3 is 0 Å². The first kappa shape index (κ1) is 12.0. The molecular formula is C10H10N4OS2. The molecule has 17 heavy (non-hydrogen) atoms. The summed E-state index contributed by atoms with van der Waals surface area (Å²) >= 11 is 2.78. The summed E-state index contributed by atoms with van der Waals surface area (Å²) < 4.78 is 0.757. The first-order chi connectivity index (χ1) is 8.29. The molecule has 1 amide bonds. The van der Waals surface area contributed by atoms with Crippen molar-refractivity contribution in [2.24, 2.45) is 5.84 Å². The van der Waals surface area contributed by atoms with E-state index in [4.69, 9.17) is 5.84 Å². The van der Waals surface area contributed by atoms with Crippen LogP contribution >= 0.6 is 23.1 Å². The molecule has 0 spiro atoms. The van der Waals surface area contributed by atoms with Crippen molar-refractivity contribution in [3.8, 4) is 10.6 Å². The molecule has 5 nitrogen and oxygen atoms in total. The van der Waals surface area contributed by atoms with Crippen molar-refractivity contribution < 1.29 is 4.79 Å². The molecule has 0 bridgehead atoms. The summed E-state index contributed by atoms with van der Waals surface area (Å²) in [6.07, 6.45) is 0. The Morgan fingerprint density at radius 3 is 2.82 bits per heavy atom. The summed E-state index contributed by atoms with van der Waals surface area (Å²) in [4.78, 5) is 11.0. The highest BCUT2D eigenvalue weighted by Gasteiger charge is 2.08. The summed E-state index contributed by atoms with van der Waals surface area (Å²) in [5.74, 6) is 5.01. The minimum atomic E-state index is -0.230. The van der Waals surface area contributed by atoms with E-state index in [0.29, 0.717) is 0 Å². The largest absolute Gasteiger partial charge is 0.294 e. The zero-order chi connectivity index (χ0) is 12.1. The molecule has 7 heteroatoms. The van der Waals surface area contributed by atoms with Gasteiger partial charge in [-0.3, -0.25) is 10.2 Å². The lowest BCUT2D eigenvalue weighted by molar-refractivity contribution is -0.118. The third kappa shape index (κ3) is 3.26. The molecule has 3 N–H and O–H groups in total. The quantitative estimate of drug-likeness (QED) is 0.377. The van der Waals surface area contributed by atoms with Crippen LogP contribution in [0.5, 0.6) is 0 Å². The molecule has 0 aliphatic heterocycles. The molecule has 0 saturated heterocycles. The Morgan fingerprint density at radius 1 is 1.35 bits per heavy atom. The topological polar surface area (TPSA) is 80.9 Å². The van der Waals surface area contributed by atoms with E-state index in [1.165, 1.54) is 23.1 Å². The third-order valence-electron chi connectivity index (χ3n) is 1.91. The fraction of sp³-hybridized carbons (Fsp3) is 0.100. The van der Waals surface area contributed by atoms with Crippen molar-refractivity contribution in [1.82, 2.24) is 15.6 Å². The van der Waals surface area contributed by atoms with Crippen molar-refractivity contribution in [3.05, 3.63) is 30.3 Å². The van der Waals surface area contributed by atoms with Crippen LogP contribution in [0.2, 0.25) is 0 Å². The van der Waals surface area contributed by atoms with Gasteiger partial charge in [0.05, 0.1) is 5.75 Å². The highest BCUT2D eigenvalue weighted by molar-refractivity contribution is 8.01. The minimum absolute atomic E-state index is 0.230. The maximum atomic E-state index is 11.0. The van der Waals surface area contributed by atoms with Crippen molar-refractivity contribution in [3.63, 3.8) is 0 Å². The van der Waals surface area contributed by atoms with Gasteiger partial charge in [-0.05, 0) is 0 Å². The molecule has 2 rings (SSSR count). The first-order valence-corrected chi connectivity index (χ1v) is 6.61. The summed E-state index contributed by atoms with van der Waals surface area (Å²) in [7, 11) is 0. The van der Waals surface area contributed by atoms with Crippen molar-refractivity contribution in [2.75, 3.05) is 5.75 Å². The number of thioether (sulfide) groups is 1. The zero-order valence-electron chi connectivity index (χ0n) is 8.79. The molecule has 2 aromatic rings. The summed E-state index contributed by atoms with van der Waals surface area (Å²) in [5, 5.41) is 8.93. The zero-order valence-corrected chi connectivity index (χ0v) is 10.4. The predicted octanol–water partition coefficient (Wildman–Crippen LogP) is 1.29. The van der Waals surface area contributed by atoms with Gasteiger partial charge < -0.3 is 0 Å². The number of hydrogen-bond donors (Lipinski definition) is 2. The molecule has 0 saturated carbocycles. The molecule has 1 aromatic heterocycles. The van der Waals surface area contributed by atoms with E-state index in [-0.39, 0.29) is 11.7 Å². The number of carbonyl (C=O) groups excluding carboxylic acids is 1. The molecule has 0 aliphatic carbocycles. The van der Waals surface area contributed by atoms with Crippen LogP contribution in [0.15, 0.2) is 34.7 Å². The van der Waals surface area contributed by atoms with Gasteiger partial charge in [0.25, 0.3) is 0 Å². The van der Waals surface area contributed by atoms with Crippen LogP contribution in [0.1, 0.15) is 0 Å². The number of rotatable bonds is 4. The van der Waals surface area contributed by atoms with Crippen LogP contribution in [-0.4, -0.2) is 21.9 Å². The number of amides is 1. The van der Waals surface area contributed by atoms with Crippen molar-refractivity contribution in [2.45, 2.75) is 4.34 Å². The number of nitrogens with one attached hydrogen (secondary N) is 1. The second-order valence-corrected chi connectivity index (χ2v) is 5.30. The molecule has 1 aromatic carbocycles. The van der Waals surface area contributed by atoms with E-state index in [1.807, 2.05) is 30.3 Å². The van der Waals surface area contributed by atoms with Crippen LogP contribution < -0.4 is 11.3 Å². The van der Waals surface area contributed by atoms with E-state index in [9.17, 15) is 4.79 Å². The van der Waals surface area contributed by atoms with Gasteiger partial charge in [-0.25, -0.2) is 5.84 Å². The fourth-order valence-electron chi connectivity index (χ4n) is 1.13. The van der Waals surface area contributed by atoms with Crippen molar-refractivity contribution in [1.29, 1.82) is 0 Å². The molecule has 0 unspecified atom stereocenters. The van der Waals surface area contributed by atoms with E-state index in [0.717, 1.165) is 14.9 Å². The first-order valence-electron chi connectivity index (χ1n) is 4.81. The van der Waals surface area contributed by atoms with E-state index in [1.54, 1.807) is 0 Å². The predicted molar refractivity (Wildman–Crippen MR) is 68.4 cm³/mol. The van der Waals surface area contributed by atoms with Gasteiger partial charge in [-0.1, -0.05) is 53.4 Å². The number of hydrogen-bond acceptors (Lipinski definition) is 6. The van der Waals surface area contributed by atoms with Gasteiger partial charge in [0.15, 0.2) is 4.34 Å². The molecule has 0 radical (unpaired) electrons. The van der Waals surface area contributed by atoms with Gasteiger partial charge in [0, 0.05) is 5.56 Å². The monoisotopic (exact) mass is 266 g/mol. The summed E-state index contributed by atoms with van der Waals surface area (Å²) in [6.45, 7) is 0. The lowest BCUT2D eigenvalue weighted by Crippen LogP contribution is -2.31. The molecule has 0 fully saturated rings. The normalized spacial score (nSPS) is 10.2. The Hall–Kier alpha value is -1.44. The van der Waals surface area contributed by atoms with Crippen LogP contribution in [-0.2, 0) is 4.79 Å². The van der Waals surface area contributed by atoms with Crippen LogP contribution in [0.4, 0.5) is 0 Å². The Kier molecular flexibility index (Phi) is 4.08. The van der Waals surface area contributed by atoms with E-state index >= 15 is 0 Å². The maximum Gasteiger partial charge on any atom is 0.244 e. The maximum absolute atomic E-state index is 11.0. The Balaban J connectivity index is 2.04. The number of hydrazine groups is 1. The second-order valence-electron chi connectivity index (χ2n) is 3.10.